The van der Waals surface area contributed by atoms with E-state index in [1.54, 1.807) is 29.7 Å². The summed E-state index contributed by atoms with van der Waals surface area (Å²) < 4.78 is 1.25. The number of H-pyrrole nitrogens is 1. The molecule has 0 radical (unpaired) electrons. The maximum Gasteiger partial charge on any atom is 0.330 e. The van der Waals surface area contributed by atoms with Gasteiger partial charge in [-0.3, -0.25) is 24.0 Å². The zero-order valence-corrected chi connectivity index (χ0v) is 20.4. The number of carbonyl (C=O) groups excluding carboxylic acids is 1. The Morgan fingerprint density at radius 2 is 1.91 bits per heavy atom. The van der Waals surface area contributed by atoms with Crippen molar-refractivity contribution in [2.75, 3.05) is 31.3 Å². The van der Waals surface area contributed by atoms with Gasteiger partial charge < -0.3 is 10.6 Å². The van der Waals surface area contributed by atoms with Gasteiger partial charge in [0.1, 0.15) is 10.8 Å². The number of hydrogen-bond donors (Lipinski definition) is 2. The van der Waals surface area contributed by atoms with Gasteiger partial charge in [0, 0.05) is 29.9 Å². The summed E-state index contributed by atoms with van der Waals surface area (Å²) in [4.78, 5) is 47.8. The van der Waals surface area contributed by atoms with E-state index in [9.17, 15) is 14.4 Å². The van der Waals surface area contributed by atoms with Crippen LogP contribution in [0.2, 0.25) is 0 Å². The fourth-order valence-corrected chi connectivity index (χ4v) is 5.04. The summed E-state index contributed by atoms with van der Waals surface area (Å²) in [5, 5.41) is 6.96. The lowest BCUT2D eigenvalue weighted by Gasteiger charge is -2.23. The standard InChI is InChI=1S/C23H24N6O3S2/c1-27(11-17-14-34-22(25-17)16-8-9-33-13-16)12-18(30)28(2)19-20(24)29(23(32)26-21(19)31)10-15-6-4-3-5-7-15/h3-9,13-14H,10-12,24H2,1-2H3,(H,26,31,32). The minimum Gasteiger partial charge on any atom is -0.383 e. The van der Waals surface area contributed by atoms with E-state index in [2.05, 4.69) is 9.97 Å². The predicted molar refractivity (Wildman–Crippen MR) is 136 cm³/mol. The molecule has 176 valence electrons. The average molecular weight is 497 g/mol. The van der Waals surface area contributed by atoms with Crippen LogP contribution in [-0.2, 0) is 17.9 Å². The fourth-order valence-electron chi connectivity index (χ4n) is 3.52. The highest BCUT2D eigenvalue weighted by atomic mass is 32.1. The summed E-state index contributed by atoms with van der Waals surface area (Å²) in [5.41, 5.74) is 7.60. The van der Waals surface area contributed by atoms with Crippen molar-refractivity contribution in [3.63, 3.8) is 0 Å². The Balaban J connectivity index is 1.48. The molecule has 4 aromatic rings. The summed E-state index contributed by atoms with van der Waals surface area (Å²) in [7, 11) is 3.28. The second-order valence-corrected chi connectivity index (χ2v) is 9.48. The van der Waals surface area contributed by atoms with Crippen LogP contribution in [0.3, 0.4) is 0 Å². The minimum absolute atomic E-state index is 0.0402. The van der Waals surface area contributed by atoms with Crippen molar-refractivity contribution in [3.05, 3.63) is 84.6 Å². The number of aromatic amines is 1. The van der Waals surface area contributed by atoms with Crippen molar-refractivity contribution in [1.29, 1.82) is 0 Å². The quantitative estimate of drug-likeness (QED) is 0.387. The van der Waals surface area contributed by atoms with E-state index >= 15 is 0 Å². The molecular formula is C23H24N6O3S2. The largest absolute Gasteiger partial charge is 0.383 e. The van der Waals surface area contributed by atoms with Gasteiger partial charge in [0.25, 0.3) is 5.56 Å². The Morgan fingerprint density at radius 3 is 2.62 bits per heavy atom. The lowest BCUT2D eigenvalue weighted by molar-refractivity contribution is -0.119. The van der Waals surface area contributed by atoms with Gasteiger partial charge in [-0.25, -0.2) is 9.78 Å². The molecule has 0 saturated heterocycles. The van der Waals surface area contributed by atoms with Crippen molar-refractivity contribution in [2.45, 2.75) is 13.1 Å². The summed E-state index contributed by atoms with van der Waals surface area (Å²) >= 11 is 3.18. The second kappa shape index (κ2) is 10.2. The SMILES string of the molecule is CN(CC(=O)N(C)c1c(N)n(Cc2ccccc2)c(=O)[nH]c1=O)Cc1csc(-c2ccsc2)n1. The van der Waals surface area contributed by atoms with Crippen LogP contribution in [0.5, 0.6) is 0 Å². The monoisotopic (exact) mass is 496 g/mol. The van der Waals surface area contributed by atoms with E-state index in [-0.39, 0.29) is 30.5 Å². The van der Waals surface area contributed by atoms with Crippen LogP contribution in [0.4, 0.5) is 11.5 Å². The van der Waals surface area contributed by atoms with E-state index < -0.39 is 11.2 Å². The van der Waals surface area contributed by atoms with Crippen LogP contribution in [0.15, 0.2) is 62.1 Å². The third kappa shape index (κ3) is 5.16. The van der Waals surface area contributed by atoms with Crippen LogP contribution < -0.4 is 21.9 Å². The number of anilines is 2. The second-order valence-electron chi connectivity index (χ2n) is 7.85. The maximum absolute atomic E-state index is 13.0. The number of aromatic nitrogens is 3. The molecule has 0 fully saturated rings. The molecule has 4 rings (SSSR count). The molecule has 34 heavy (non-hydrogen) atoms. The summed E-state index contributed by atoms with van der Waals surface area (Å²) in [5.74, 6) is -0.395. The molecular weight excluding hydrogens is 472 g/mol. The molecule has 1 aromatic carbocycles. The lowest BCUT2D eigenvalue weighted by atomic mass is 10.2. The molecule has 11 heteroatoms. The Kier molecular flexibility index (Phi) is 7.06. The van der Waals surface area contributed by atoms with Gasteiger partial charge in [-0.1, -0.05) is 30.3 Å². The van der Waals surface area contributed by atoms with Crippen LogP contribution in [-0.4, -0.2) is 46.0 Å². The Morgan fingerprint density at radius 1 is 1.15 bits per heavy atom. The van der Waals surface area contributed by atoms with Gasteiger partial charge in [-0.2, -0.15) is 11.3 Å². The topological polar surface area (TPSA) is 117 Å². The molecule has 9 nitrogen and oxygen atoms in total. The zero-order valence-electron chi connectivity index (χ0n) is 18.7. The van der Waals surface area contributed by atoms with Gasteiger partial charge in [0.05, 0.1) is 18.8 Å². The van der Waals surface area contributed by atoms with Gasteiger partial charge in [0.15, 0.2) is 5.69 Å². The van der Waals surface area contributed by atoms with E-state index in [4.69, 9.17) is 5.73 Å². The Hall–Kier alpha value is -3.54. The van der Waals surface area contributed by atoms with Gasteiger partial charge in [0.2, 0.25) is 5.91 Å². The molecule has 0 spiro atoms. The highest BCUT2D eigenvalue weighted by Crippen LogP contribution is 2.26. The molecule has 0 saturated carbocycles. The van der Waals surface area contributed by atoms with Crippen molar-refractivity contribution in [2.24, 2.45) is 0 Å². The number of likely N-dealkylation sites (N-methyl/N-ethyl adjacent to an activating group) is 2. The van der Waals surface area contributed by atoms with Gasteiger partial charge in [-0.05, 0) is 24.1 Å². The number of amides is 1. The predicted octanol–water partition coefficient (Wildman–Crippen LogP) is 2.45. The minimum atomic E-state index is -0.703. The fraction of sp³-hybridized carbons (Fsp3) is 0.217. The number of carbonyl (C=O) groups is 1. The van der Waals surface area contributed by atoms with E-state index in [1.165, 1.54) is 16.5 Å². The molecule has 3 N–H and O–H groups in total. The maximum atomic E-state index is 13.0. The molecule has 0 aliphatic rings. The molecule has 0 aliphatic carbocycles. The zero-order chi connectivity index (χ0) is 24.2. The summed E-state index contributed by atoms with van der Waals surface area (Å²) in [6.07, 6.45) is 0. The number of thiophene rings is 1. The van der Waals surface area contributed by atoms with E-state index in [0.717, 1.165) is 21.8 Å². The van der Waals surface area contributed by atoms with Gasteiger partial charge >= 0.3 is 5.69 Å². The number of benzene rings is 1. The van der Waals surface area contributed by atoms with Crippen LogP contribution in [0, 0.1) is 0 Å². The number of nitrogens with zero attached hydrogens (tertiary/aromatic N) is 4. The third-order valence-corrected chi connectivity index (χ3v) is 6.89. The Bertz CT molecular complexity index is 1390. The van der Waals surface area contributed by atoms with Crippen molar-refractivity contribution in [3.8, 4) is 10.6 Å². The number of hydrogen-bond acceptors (Lipinski definition) is 8. The van der Waals surface area contributed by atoms with Crippen LogP contribution >= 0.6 is 22.7 Å². The highest BCUT2D eigenvalue weighted by molar-refractivity contribution is 7.14. The third-order valence-electron chi connectivity index (χ3n) is 5.26. The molecule has 0 bridgehead atoms. The molecule has 1 amide bonds. The first-order valence-corrected chi connectivity index (χ1v) is 12.2. The number of nitrogens with two attached hydrogens (primary N) is 1. The normalized spacial score (nSPS) is 11.1. The van der Waals surface area contributed by atoms with Crippen molar-refractivity contribution >= 4 is 40.1 Å². The smallest absolute Gasteiger partial charge is 0.330 e. The average Bonchev–Trinajstić information content (AvgIpc) is 3.49. The first-order valence-electron chi connectivity index (χ1n) is 10.4. The van der Waals surface area contributed by atoms with Crippen molar-refractivity contribution in [1.82, 2.24) is 19.4 Å². The first kappa shape index (κ1) is 23.6. The number of thiazole rings is 1. The van der Waals surface area contributed by atoms with Crippen molar-refractivity contribution < 1.29 is 4.79 Å². The van der Waals surface area contributed by atoms with Gasteiger partial charge in [-0.15, -0.1) is 11.3 Å². The highest BCUT2D eigenvalue weighted by Gasteiger charge is 2.22. The first-order chi connectivity index (χ1) is 16.3. The molecule has 0 atom stereocenters. The number of nitrogen functional groups attached to an aromatic ring is 1. The molecule has 0 aliphatic heterocycles. The molecule has 0 unspecified atom stereocenters. The van der Waals surface area contributed by atoms with Crippen LogP contribution in [0.25, 0.3) is 10.6 Å². The van der Waals surface area contributed by atoms with Crippen LogP contribution in [0.1, 0.15) is 11.3 Å². The lowest BCUT2D eigenvalue weighted by Crippen LogP contribution is -2.42. The van der Waals surface area contributed by atoms with E-state index in [0.29, 0.717) is 6.54 Å². The summed E-state index contributed by atoms with van der Waals surface area (Å²) in [6, 6.07) is 11.3. The Labute approximate surface area is 203 Å². The molecule has 3 heterocycles. The molecule has 3 aromatic heterocycles. The van der Waals surface area contributed by atoms with E-state index in [1.807, 2.05) is 57.4 Å². The number of nitrogens with one attached hydrogen (secondary N) is 1. The number of rotatable bonds is 8. The summed E-state index contributed by atoms with van der Waals surface area (Å²) in [6.45, 7) is 0.686.